The number of hydrogen-bond acceptors (Lipinski definition) is 6. The summed E-state index contributed by atoms with van der Waals surface area (Å²) in [6.07, 6.45) is -2.53. The third kappa shape index (κ3) is 2.66. The first-order valence-electron chi connectivity index (χ1n) is 6.28. The molecule has 3 aliphatic heterocycles. The molecule has 5 atom stereocenters. The Labute approximate surface area is 113 Å². The molecule has 1 unspecified atom stereocenters. The van der Waals surface area contributed by atoms with Crippen LogP contribution in [0.3, 0.4) is 0 Å². The van der Waals surface area contributed by atoms with Crippen molar-refractivity contribution < 1.29 is 28.8 Å². The van der Waals surface area contributed by atoms with Gasteiger partial charge in [0.05, 0.1) is 6.61 Å². The molecule has 112 valence electrons. The van der Waals surface area contributed by atoms with E-state index >= 15 is 0 Å². The second kappa shape index (κ2) is 4.65. The molecule has 0 aliphatic carbocycles. The van der Waals surface area contributed by atoms with Gasteiger partial charge in [-0.1, -0.05) is 7.43 Å². The summed E-state index contributed by atoms with van der Waals surface area (Å²) in [6.45, 7) is 7.68. The molecule has 0 bridgehead atoms. The number of hydrogen-bond donors (Lipinski definition) is 1. The van der Waals surface area contributed by atoms with Gasteiger partial charge in [0.2, 0.25) is 0 Å². The third-order valence-corrected chi connectivity index (χ3v) is 3.45. The molecular weight excluding hydrogens is 252 g/mol. The van der Waals surface area contributed by atoms with E-state index in [0.29, 0.717) is 6.61 Å². The Hall–Kier alpha value is -0.240. The number of rotatable bonds is 1. The zero-order chi connectivity index (χ0) is 13.1. The van der Waals surface area contributed by atoms with Crippen LogP contribution in [0, 0.1) is 0 Å². The highest BCUT2D eigenvalue weighted by Crippen LogP contribution is 2.40. The van der Waals surface area contributed by atoms with Gasteiger partial charge in [0.25, 0.3) is 0 Å². The number of fused-ring (bicyclic) bond motifs is 1. The van der Waals surface area contributed by atoms with Crippen molar-refractivity contribution in [2.24, 2.45) is 0 Å². The van der Waals surface area contributed by atoms with Gasteiger partial charge in [0, 0.05) is 0 Å². The van der Waals surface area contributed by atoms with E-state index in [2.05, 4.69) is 0 Å². The quantitative estimate of drug-likeness (QED) is 0.771. The first-order chi connectivity index (χ1) is 8.27. The van der Waals surface area contributed by atoms with E-state index in [0.717, 1.165) is 0 Å². The van der Waals surface area contributed by atoms with Gasteiger partial charge < -0.3 is 28.8 Å². The standard InChI is InChI=1S/C12H20O6.CH4/c1-11(2)14-5-6(16-11)8-7(13)9-10(15-8)18-12(3,4)17-9;/h6-10,13H,5H2,1-4H3;1H4/t6?,7-,8+,9+,10+;/m0./s1. The van der Waals surface area contributed by atoms with E-state index in [1.54, 1.807) is 13.8 Å². The van der Waals surface area contributed by atoms with Gasteiger partial charge in [-0.15, -0.1) is 0 Å². The van der Waals surface area contributed by atoms with Crippen LogP contribution in [0.1, 0.15) is 35.1 Å². The normalized spacial score (nSPS) is 46.9. The first kappa shape index (κ1) is 15.2. The van der Waals surface area contributed by atoms with Gasteiger partial charge in [-0.2, -0.15) is 0 Å². The summed E-state index contributed by atoms with van der Waals surface area (Å²) in [5.74, 6) is -1.35. The van der Waals surface area contributed by atoms with Crippen LogP contribution in [0.5, 0.6) is 0 Å². The largest absolute Gasteiger partial charge is 0.387 e. The minimum Gasteiger partial charge on any atom is -0.387 e. The molecule has 0 amide bonds. The molecule has 3 saturated heterocycles. The summed E-state index contributed by atoms with van der Waals surface area (Å²) in [4.78, 5) is 0. The van der Waals surface area contributed by atoms with Crippen LogP contribution < -0.4 is 0 Å². The zero-order valence-corrected chi connectivity index (χ0v) is 11.1. The Morgan fingerprint density at radius 3 is 2.16 bits per heavy atom. The van der Waals surface area contributed by atoms with Crippen LogP contribution in [-0.4, -0.2) is 54.0 Å². The Kier molecular flexibility index (Phi) is 3.71. The fourth-order valence-corrected chi connectivity index (χ4v) is 2.70. The average Bonchev–Trinajstić information content (AvgIpc) is 2.81. The molecule has 0 aromatic heterocycles. The Balaban J connectivity index is 0.00000133. The van der Waals surface area contributed by atoms with Gasteiger partial charge in [-0.05, 0) is 27.7 Å². The minimum absolute atomic E-state index is 0. The van der Waals surface area contributed by atoms with Crippen molar-refractivity contribution in [2.75, 3.05) is 6.61 Å². The van der Waals surface area contributed by atoms with Crippen molar-refractivity contribution in [3.63, 3.8) is 0 Å². The van der Waals surface area contributed by atoms with Crippen LogP contribution >= 0.6 is 0 Å². The van der Waals surface area contributed by atoms with Gasteiger partial charge >= 0.3 is 0 Å². The van der Waals surface area contributed by atoms with E-state index in [1.165, 1.54) is 0 Å². The van der Waals surface area contributed by atoms with E-state index in [9.17, 15) is 5.11 Å². The van der Waals surface area contributed by atoms with Crippen LogP contribution in [0.15, 0.2) is 0 Å². The van der Waals surface area contributed by atoms with Gasteiger partial charge in [-0.25, -0.2) is 0 Å². The minimum atomic E-state index is -0.765. The Morgan fingerprint density at radius 2 is 1.63 bits per heavy atom. The number of ether oxygens (including phenoxy) is 5. The lowest BCUT2D eigenvalue weighted by molar-refractivity contribution is -0.232. The van der Waals surface area contributed by atoms with Gasteiger partial charge in [0.15, 0.2) is 17.9 Å². The zero-order valence-electron chi connectivity index (χ0n) is 11.1. The lowest BCUT2D eigenvalue weighted by Gasteiger charge is -2.26. The first-order valence-corrected chi connectivity index (χ1v) is 6.28. The topological polar surface area (TPSA) is 66.4 Å². The molecule has 3 rings (SSSR count). The predicted octanol–water partition coefficient (Wildman–Crippen LogP) is 1.01. The summed E-state index contributed by atoms with van der Waals surface area (Å²) in [5.41, 5.74) is 0. The summed E-state index contributed by atoms with van der Waals surface area (Å²) in [7, 11) is 0. The third-order valence-electron chi connectivity index (χ3n) is 3.45. The van der Waals surface area contributed by atoms with Crippen LogP contribution in [0.4, 0.5) is 0 Å². The van der Waals surface area contributed by atoms with Gasteiger partial charge in [-0.3, -0.25) is 0 Å². The molecule has 0 aromatic rings. The molecule has 19 heavy (non-hydrogen) atoms. The fourth-order valence-electron chi connectivity index (χ4n) is 2.70. The predicted molar refractivity (Wildman–Crippen MR) is 66.3 cm³/mol. The maximum atomic E-state index is 10.3. The molecule has 3 heterocycles. The van der Waals surface area contributed by atoms with E-state index < -0.39 is 36.2 Å². The van der Waals surface area contributed by atoms with Crippen molar-refractivity contribution in [1.82, 2.24) is 0 Å². The smallest absolute Gasteiger partial charge is 0.190 e. The average molecular weight is 276 g/mol. The molecule has 3 aliphatic rings. The van der Waals surface area contributed by atoms with Crippen LogP contribution in [0.25, 0.3) is 0 Å². The van der Waals surface area contributed by atoms with Crippen LogP contribution in [-0.2, 0) is 23.7 Å². The van der Waals surface area contributed by atoms with E-state index in [1.807, 2.05) is 13.8 Å². The summed E-state index contributed by atoms with van der Waals surface area (Å²) < 4.78 is 28.1. The number of aliphatic hydroxyl groups excluding tert-OH is 1. The second-order valence-corrected chi connectivity index (χ2v) is 5.93. The molecular formula is C13H24O6. The molecule has 0 spiro atoms. The fraction of sp³-hybridized carbons (Fsp3) is 1.00. The highest BCUT2D eigenvalue weighted by Gasteiger charge is 2.57. The van der Waals surface area contributed by atoms with Crippen molar-refractivity contribution in [1.29, 1.82) is 0 Å². The molecule has 1 N–H and O–H groups in total. The van der Waals surface area contributed by atoms with Crippen LogP contribution in [0.2, 0.25) is 0 Å². The summed E-state index contributed by atoms with van der Waals surface area (Å²) in [5, 5.41) is 10.3. The second-order valence-electron chi connectivity index (χ2n) is 5.93. The molecule has 6 nitrogen and oxygen atoms in total. The maximum absolute atomic E-state index is 10.3. The van der Waals surface area contributed by atoms with Gasteiger partial charge in [0.1, 0.15) is 24.4 Å². The lowest BCUT2D eigenvalue weighted by Crippen LogP contribution is -2.42. The molecule has 6 heteroatoms. The van der Waals surface area contributed by atoms with Crippen molar-refractivity contribution in [2.45, 2.75) is 77.4 Å². The van der Waals surface area contributed by atoms with Crippen molar-refractivity contribution in [3.05, 3.63) is 0 Å². The molecule has 0 radical (unpaired) electrons. The highest BCUT2D eigenvalue weighted by molar-refractivity contribution is 4.97. The Morgan fingerprint density at radius 1 is 0.947 bits per heavy atom. The monoisotopic (exact) mass is 276 g/mol. The van der Waals surface area contributed by atoms with Crippen molar-refractivity contribution >= 4 is 0 Å². The highest BCUT2D eigenvalue weighted by atomic mass is 16.8. The maximum Gasteiger partial charge on any atom is 0.190 e. The lowest BCUT2D eigenvalue weighted by atomic mass is 10.1. The van der Waals surface area contributed by atoms with E-state index in [4.69, 9.17) is 23.7 Å². The number of aliphatic hydroxyl groups is 1. The SMILES string of the molecule is C.CC1(C)OCC([C@H]2O[C@@H]3OC(C)(C)O[C@@H]3[C@H]2O)O1. The summed E-state index contributed by atoms with van der Waals surface area (Å²) >= 11 is 0. The molecule has 3 fully saturated rings. The summed E-state index contributed by atoms with van der Waals surface area (Å²) in [6, 6.07) is 0. The Bertz CT molecular complexity index is 342. The molecule has 0 aromatic carbocycles. The molecule has 0 saturated carbocycles. The van der Waals surface area contributed by atoms with E-state index in [-0.39, 0.29) is 13.5 Å². The van der Waals surface area contributed by atoms with Crippen molar-refractivity contribution in [3.8, 4) is 0 Å².